The Morgan fingerprint density at radius 2 is 1.88 bits per heavy atom. The number of carbonyl (C=O) groups is 1. The minimum absolute atomic E-state index is 0.173. The molecule has 2 fully saturated rings. The molecule has 2 aliphatic rings. The summed E-state index contributed by atoms with van der Waals surface area (Å²) < 4.78 is 9.22. The molecule has 2 N–H and O–H groups in total. The van der Waals surface area contributed by atoms with E-state index in [0.717, 1.165) is 49.4 Å². The molecule has 8 heteroatoms. The number of nitrogens with one attached hydrogen (secondary N) is 2. The molecule has 2 aromatic heterocycles. The summed E-state index contributed by atoms with van der Waals surface area (Å²) in [5.41, 5.74) is 1.29. The van der Waals surface area contributed by atoms with E-state index in [2.05, 4.69) is 10.6 Å². The molecule has 0 aliphatic heterocycles. The van der Waals surface area contributed by atoms with Gasteiger partial charge >= 0.3 is 0 Å². The highest BCUT2D eigenvalue weighted by molar-refractivity contribution is 6.08. The molecule has 0 spiro atoms. The number of benzene rings is 1. The van der Waals surface area contributed by atoms with Crippen molar-refractivity contribution in [2.75, 3.05) is 19.5 Å². The third kappa shape index (κ3) is 3.90. The van der Waals surface area contributed by atoms with E-state index < -0.39 is 0 Å². The fourth-order valence-corrected chi connectivity index (χ4v) is 4.67. The van der Waals surface area contributed by atoms with Crippen molar-refractivity contribution >= 4 is 22.5 Å². The van der Waals surface area contributed by atoms with Crippen molar-refractivity contribution in [3.63, 3.8) is 0 Å². The van der Waals surface area contributed by atoms with Gasteiger partial charge in [-0.3, -0.25) is 14.3 Å². The van der Waals surface area contributed by atoms with Crippen LogP contribution in [0.2, 0.25) is 0 Å². The van der Waals surface area contributed by atoms with Crippen LogP contribution < -0.4 is 20.9 Å². The summed E-state index contributed by atoms with van der Waals surface area (Å²) >= 11 is 0. The standard InChI is InChI=1S/C24H29N5O3/c1-25-16-5-7-18(8-6-16)29-14-15-12-19(22(32-2)13-21(15)27-29)23(30)26-20-4-3-11-28(24(20)31)17-9-10-17/h3-4,11-14,16-18,25H,5-10H2,1-2H3,(H,26,30). The number of nitrogens with zero attached hydrogens (tertiary/aromatic N) is 3. The number of hydrogen-bond acceptors (Lipinski definition) is 5. The number of carbonyl (C=O) groups excluding carboxylic acids is 1. The lowest BCUT2D eigenvalue weighted by Crippen LogP contribution is -2.31. The van der Waals surface area contributed by atoms with E-state index >= 15 is 0 Å². The smallest absolute Gasteiger partial charge is 0.274 e. The van der Waals surface area contributed by atoms with Crippen LogP contribution in [0.3, 0.4) is 0 Å². The minimum Gasteiger partial charge on any atom is -0.496 e. The molecule has 3 aromatic rings. The van der Waals surface area contributed by atoms with E-state index in [1.807, 2.05) is 17.9 Å². The predicted octanol–water partition coefficient (Wildman–Crippen LogP) is 3.50. The third-order valence-corrected chi connectivity index (χ3v) is 6.73. The number of anilines is 1. The Hall–Kier alpha value is -3.13. The van der Waals surface area contributed by atoms with Gasteiger partial charge < -0.3 is 19.9 Å². The van der Waals surface area contributed by atoms with Crippen LogP contribution in [0, 0.1) is 0 Å². The Morgan fingerprint density at radius 3 is 2.56 bits per heavy atom. The van der Waals surface area contributed by atoms with Crippen LogP contribution in [0.4, 0.5) is 5.69 Å². The zero-order valence-corrected chi connectivity index (χ0v) is 18.5. The van der Waals surface area contributed by atoms with Gasteiger partial charge in [0, 0.05) is 35.9 Å². The predicted molar refractivity (Wildman–Crippen MR) is 124 cm³/mol. The summed E-state index contributed by atoms with van der Waals surface area (Å²) in [5, 5.41) is 11.8. The SMILES string of the molecule is CNC1CCC(n2cc3cc(C(=O)Nc4cccn(C5CC5)c4=O)c(OC)cc3n2)CC1. The second kappa shape index (κ2) is 8.43. The Labute approximate surface area is 186 Å². The average molecular weight is 436 g/mol. The number of rotatable bonds is 6. The molecule has 2 aliphatic carbocycles. The molecule has 168 valence electrons. The topological polar surface area (TPSA) is 90.2 Å². The molecule has 0 unspecified atom stereocenters. The number of fused-ring (bicyclic) bond motifs is 1. The van der Waals surface area contributed by atoms with E-state index in [1.165, 1.54) is 7.11 Å². The molecule has 0 saturated heterocycles. The number of hydrogen-bond donors (Lipinski definition) is 2. The molecule has 1 aromatic carbocycles. The first-order chi connectivity index (χ1) is 15.6. The lowest BCUT2D eigenvalue weighted by atomic mass is 9.91. The van der Waals surface area contributed by atoms with Crippen LogP contribution in [-0.4, -0.2) is 40.5 Å². The second-order valence-corrected chi connectivity index (χ2v) is 8.83. The summed E-state index contributed by atoms with van der Waals surface area (Å²) in [4.78, 5) is 25.8. The summed E-state index contributed by atoms with van der Waals surface area (Å²) in [6, 6.07) is 8.22. The quantitative estimate of drug-likeness (QED) is 0.619. The Kier molecular flexibility index (Phi) is 5.46. The molecule has 2 heterocycles. The number of methoxy groups -OCH3 is 1. The lowest BCUT2D eigenvalue weighted by Gasteiger charge is -2.28. The van der Waals surface area contributed by atoms with Crippen LogP contribution >= 0.6 is 0 Å². The van der Waals surface area contributed by atoms with Gasteiger partial charge in [-0.15, -0.1) is 0 Å². The summed E-state index contributed by atoms with van der Waals surface area (Å²) in [7, 11) is 3.55. The highest BCUT2D eigenvalue weighted by Gasteiger charge is 2.26. The minimum atomic E-state index is -0.364. The highest BCUT2D eigenvalue weighted by atomic mass is 16.5. The second-order valence-electron chi connectivity index (χ2n) is 8.83. The monoisotopic (exact) mass is 435 g/mol. The first kappa shape index (κ1) is 20.8. The van der Waals surface area contributed by atoms with Crippen molar-refractivity contribution in [2.24, 2.45) is 0 Å². The van der Waals surface area contributed by atoms with Gasteiger partial charge in [-0.25, -0.2) is 0 Å². The molecule has 0 radical (unpaired) electrons. The van der Waals surface area contributed by atoms with Gasteiger partial charge in [0.25, 0.3) is 11.5 Å². The zero-order chi connectivity index (χ0) is 22.2. The van der Waals surface area contributed by atoms with Crippen LogP contribution in [-0.2, 0) is 0 Å². The average Bonchev–Trinajstić information content (AvgIpc) is 3.57. The van der Waals surface area contributed by atoms with Crippen molar-refractivity contribution in [1.82, 2.24) is 19.7 Å². The molecule has 0 atom stereocenters. The highest BCUT2D eigenvalue weighted by Crippen LogP contribution is 2.34. The normalized spacial score (nSPS) is 20.9. The van der Waals surface area contributed by atoms with Gasteiger partial charge in [-0.1, -0.05) is 0 Å². The molecular weight excluding hydrogens is 406 g/mol. The van der Waals surface area contributed by atoms with Crippen LogP contribution in [0.25, 0.3) is 10.9 Å². The summed E-state index contributed by atoms with van der Waals surface area (Å²) in [6.45, 7) is 0. The van der Waals surface area contributed by atoms with Crippen LogP contribution in [0.15, 0.2) is 41.5 Å². The summed E-state index contributed by atoms with van der Waals surface area (Å²) in [5.74, 6) is 0.0780. The van der Waals surface area contributed by atoms with E-state index in [1.54, 1.807) is 35.0 Å². The maximum absolute atomic E-state index is 13.1. The molecule has 2 saturated carbocycles. The summed E-state index contributed by atoms with van der Waals surface area (Å²) in [6.07, 6.45) is 10.2. The third-order valence-electron chi connectivity index (χ3n) is 6.73. The van der Waals surface area contributed by atoms with Crippen molar-refractivity contribution < 1.29 is 9.53 Å². The maximum atomic E-state index is 13.1. The molecule has 0 bridgehead atoms. The Morgan fingerprint density at radius 1 is 1.12 bits per heavy atom. The van der Waals surface area contributed by atoms with Crippen molar-refractivity contribution in [1.29, 1.82) is 0 Å². The maximum Gasteiger partial charge on any atom is 0.274 e. The van der Waals surface area contributed by atoms with Crippen molar-refractivity contribution in [3.05, 3.63) is 52.6 Å². The molecular formula is C24H29N5O3. The Bertz CT molecular complexity index is 1200. The molecule has 8 nitrogen and oxygen atoms in total. The van der Waals surface area contributed by atoms with Gasteiger partial charge in [0.05, 0.1) is 24.2 Å². The number of pyridine rings is 1. The van der Waals surface area contributed by atoms with Crippen LogP contribution in [0.5, 0.6) is 5.75 Å². The van der Waals surface area contributed by atoms with Crippen LogP contribution in [0.1, 0.15) is 61.0 Å². The first-order valence-electron chi connectivity index (χ1n) is 11.3. The van der Waals surface area contributed by atoms with Gasteiger partial charge in [0.15, 0.2) is 0 Å². The van der Waals surface area contributed by atoms with E-state index in [4.69, 9.17) is 9.84 Å². The van der Waals surface area contributed by atoms with Gasteiger partial charge in [-0.05, 0) is 63.8 Å². The largest absolute Gasteiger partial charge is 0.496 e. The zero-order valence-electron chi connectivity index (χ0n) is 18.5. The van der Waals surface area contributed by atoms with Gasteiger partial charge in [0.1, 0.15) is 11.4 Å². The molecule has 1 amide bonds. The van der Waals surface area contributed by atoms with Gasteiger partial charge in [-0.2, -0.15) is 5.10 Å². The Balaban J connectivity index is 1.41. The van der Waals surface area contributed by atoms with E-state index in [0.29, 0.717) is 23.4 Å². The molecule has 5 rings (SSSR count). The lowest BCUT2D eigenvalue weighted by molar-refractivity contribution is 0.102. The van der Waals surface area contributed by atoms with Crippen molar-refractivity contribution in [2.45, 2.75) is 56.7 Å². The number of ether oxygens (including phenoxy) is 1. The fraction of sp³-hybridized carbons (Fsp3) is 0.458. The number of amides is 1. The fourth-order valence-electron chi connectivity index (χ4n) is 4.67. The van der Waals surface area contributed by atoms with E-state index in [9.17, 15) is 9.59 Å². The molecule has 32 heavy (non-hydrogen) atoms. The van der Waals surface area contributed by atoms with Crippen molar-refractivity contribution in [3.8, 4) is 5.75 Å². The van der Waals surface area contributed by atoms with E-state index in [-0.39, 0.29) is 23.2 Å². The number of aromatic nitrogens is 3. The van der Waals surface area contributed by atoms with Gasteiger partial charge in [0.2, 0.25) is 0 Å². The first-order valence-corrected chi connectivity index (χ1v) is 11.3.